The number of carbonyl (C=O) groups is 8. The Labute approximate surface area is 373 Å². The molecule has 20 nitrogen and oxygen atoms in total. The summed E-state index contributed by atoms with van der Waals surface area (Å²) in [5.74, 6) is -4.31. The molecule has 0 aliphatic carbocycles. The standard InChI is InChI=1S/C46H36O20/c1-4-37(47)55-22-26(3)60-46(54)64-34-20-12-28(13-21-34)42(50)62-32-16-8-30(9-17-32)44(52)66-36-24-57-39-35(23-56-40(36)39)65-43(51)29-6-14-31(15-7-29)61-41(49)27-10-18-33(19-11-27)63-45(53)59-25-58-38(48)5-2/h4-21,35-36,39-40H,1-3,22-25H2. The van der Waals surface area contributed by atoms with E-state index in [1.54, 1.807) is 0 Å². The highest BCUT2D eigenvalue weighted by Gasteiger charge is 2.51. The summed E-state index contributed by atoms with van der Waals surface area (Å²) in [5.41, 5.74) is 0.499. The van der Waals surface area contributed by atoms with E-state index in [9.17, 15) is 38.4 Å². The Morgan fingerprint density at radius 3 is 1.26 bits per heavy atom. The zero-order valence-electron chi connectivity index (χ0n) is 34.3. The molecule has 0 aromatic heterocycles. The van der Waals surface area contributed by atoms with Crippen molar-refractivity contribution in [3.8, 4) is 23.0 Å². The quantitative estimate of drug-likeness (QED) is 0.0237. The molecule has 4 atom stereocenters. The summed E-state index contributed by atoms with van der Waals surface area (Å²) in [6.07, 6.45) is -3.57. The minimum Gasteiger partial charge on any atom is -0.454 e. The van der Waals surface area contributed by atoms with Gasteiger partial charge < -0.3 is 56.8 Å². The maximum atomic E-state index is 13.0. The van der Waals surface area contributed by atoms with Gasteiger partial charge in [0.25, 0.3) is 0 Å². The number of hydrogen-bond donors (Lipinski definition) is 0. The van der Waals surface area contributed by atoms with Gasteiger partial charge in [0, 0.05) is 12.2 Å². The normalized spacial score (nSPS) is 16.7. The van der Waals surface area contributed by atoms with E-state index in [0.717, 1.165) is 12.2 Å². The first-order valence-electron chi connectivity index (χ1n) is 19.3. The van der Waals surface area contributed by atoms with Gasteiger partial charge in [-0.2, -0.15) is 0 Å². The lowest BCUT2D eigenvalue weighted by Gasteiger charge is -2.17. The van der Waals surface area contributed by atoms with Crippen LogP contribution in [0.2, 0.25) is 0 Å². The van der Waals surface area contributed by atoms with Crippen molar-refractivity contribution in [2.75, 3.05) is 26.6 Å². The van der Waals surface area contributed by atoms with Crippen molar-refractivity contribution in [2.24, 2.45) is 0 Å². The molecule has 0 amide bonds. The number of carbonyl (C=O) groups excluding carboxylic acids is 8. The maximum Gasteiger partial charge on any atom is 0.519 e. The molecule has 2 fully saturated rings. The van der Waals surface area contributed by atoms with E-state index in [0.29, 0.717) is 0 Å². The van der Waals surface area contributed by atoms with Gasteiger partial charge in [-0.25, -0.2) is 38.4 Å². The maximum absolute atomic E-state index is 13.0. The number of hydrogen-bond acceptors (Lipinski definition) is 20. The molecule has 0 radical (unpaired) electrons. The molecule has 2 aliphatic heterocycles. The molecule has 0 saturated carbocycles. The molecule has 0 spiro atoms. The van der Waals surface area contributed by atoms with Crippen LogP contribution in [0.4, 0.5) is 9.59 Å². The molecule has 66 heavy (non-hydrogen) atoms. The second-order valence-electron chi connectivity index (χ2n) is 13.4. The van der Waals surface area contributed by atoms with Crippen LogP contribution in [0.3, 0.4) is 0 Å². The molecule has 6 rings (SSSR count). The fraction of sp³-hybridized carbons (Fsp3) is 0.174. The Morgan fingerprint density at radius 1 is 0.485 bits per heavy atom. The Morgan fingerprint density at radius 2 is 0.848 bits per heavy atom. The van der Waals surface area contributed by atoms with E-state index in [1.165, 1.54) is 97.1 Å². The van der Waals surface area contributed by atoms with E-state index in [-0.39, 0.29) is 64.2 Å². The molecule has 0 N–H and O–H groups in total. The van der Waals surface area contributed by atoms with E-state index in [2.05, 4.69) is 29.2 Å². The highest BCUT2D eigenvalue weighted by Crippen LogP contribution is 2.32. The van der Waals surface area contributed by atoms with Crippen molar-refractivity contribution in [2.45, 2.75) is 24.4 Å². The predicted octanol–water partition coefficient (Wildman–Crippen LogP) is 5.63. The molecule has 340 valence electrons. The van der Waals surface area contributed by atoms with Gasteiger partial charge in [0.15, 0.2) is 12.2 Å². The zero-order chi connectivity index (χ0) is 47.2. The molecule has 0 bridgehead atoms. The van der Waals surface area contributed by atoms with Gasteiger partial charge in [-0.3, -0.25) is 0 Å². The molecule has 4 aromatic rings. The van der Waals surface area contributed by atoms with Crippen LogP contribution in [0.15, 0.2) is 135 Å². The Balaban J connectivity index is 0.909. The van der Waals surface area contributed by atoms with Crippen LogP contribution in [0.1, 0.15) is 41.4 Å². The third-order valence-corrected chi connectivity index (χ3v) is 8.98. The first-order valence-corrected chi connectivity index (χ1v) is 19.3. The van der Waals surface area contributed by atoms with Gasteiger partial charge in [-0.1, -0.05) is 19.7 Å². The summed E-state index contributed by atoms with van der Waals surface area (Å²) in [6, 6.07) is 21.8. The van der Waals surface area contributed by atoms with E-state index < -0.39 is 85.9 Å². The SMILES string of the molecule is C=CC(=O)OCOC(=O)Oc1ccc(C(=O)Oc2ccc(C(=O)OC3COC4C(OC(=O)c5ccc(OC(=O)c6ccc(OC(=O)OC(=C)COC(=O)C=C)cc6)cc5)COC34)cc2)cc1. The summed E-state index contributed by atoms with van der Waals surface area (Å²) in [5, 5.41) is 0. The number of fused-ring (bicyclic) bond motifs is 1. The summed E-state index contributed by atoms with van der Waals surface area (Å²) < 4.78 is 62.2. The van der Waals surface area contributed by atoms with Gasteiger partial charge in [0.2, 0.25) is 6.79 Å². The minimum atomic E-state index is -1.15. The smallest absolute Gasteiger partial charge is 0.454 e. The second kappa shape index (κ2) is 22.1. The van der Waals surface area contributed by atoms with Gasteiger partial charge in [0.05, 0.1) is 35.5 Å². The van der Waals surface area contributed by atoms with Gasteiger partial charge in [0.1, 0.15) is 47.6 Å². The van der Waals surface area contributed by atoms with E-state index >= 15 is 0 Å². The number of esters is 6. The number of ether oxygens (including phenoxy) is 12. The monoisotopic (exact) mass is 908 g/mol. The molecule has 2 saturated heterocycles. The number of rotatable bonds is 17. The van der Waals surface area contributed by atoms with Crippen LogP contribution in [0, 0.1) is 0 Å². The molecular weight excluding hydrogens is 872 g/mol. The van der Waals surface area contributed by atoms with Crippen LogP contribution in [0.25, 0.3) is 0 Å². The summed E-state index contributed by atoms with van der Waals surface area (Å²) >= 11 is 0. The van der Waals surface area contributed by atoms with Crippen LogP contribution in [-0.2, 0) is 47.5 Å². The van der Waals surface area contributed by atoms with Crippen molar-refractivity contribution in [1.29, 1.82) is 0 Å². The summed E-state index contributed by atoms with van der Waals surface area (Å²) in [4.78, 5) is 97.3. The van der Waals surface area contributed by atoms with E-state index in [4.69, 9.17) is 47.4 Å². The Hall–Kier alpha value is -8.62. The lowest BCUT2D eigenvalue weighted by Crippen LogP contribution is -2.36. The summed E-state index contributed by atoms with van der Waals surface area (Å²) in [6.45, 7) is 8.76. The van der Waals surface area contributed by atoms with Gasteiger partial charge >= 0.3 is 48.1 Å². The fourth-order valence-corrected chi connectivity index (χ4v) is 5.81. The van der Waals surface area contributed by atoms with Crippen LogP contribution in [0.5, 0.6) is 23.0 Å². The van der Waals surface area contributed by atoms with Crippen LogP contribution >= 0.6 is 0 Å². The lowest BCUT2D eigenvalue weighted by atomic mass is 10.1. The Bertz CT molecular complexity index is 2490. The van der Waals surface area contributed by atoms with Crippen molar-refractivity contribution in [1.82, 2.24) is 0 Å². The highest BCUT2D eigenvalue weighted by molar-refractivity contribution is 5.93. The average Bonchev–Trinajstić information content (AvgIpc) is 3.91. The van der Waals surface area contributed by atoms with Gasteiger partial charge in [-0.15, -0.1) is 0 Å². The highest BCUT2D eigenvalue weighted by atomic mass is 16.8. The average molecular weight is 909 g/mol. The first-order chi connectivity index (χ1) is 31.8. The number of benzene rings is 4. The van der Waals surface area contributed by atoms with Crippen LogP contribution < -0.4 is 18.9 Å². The lowest BCUT2D eigenvalue weighted by molar-refractivity contribution is -0.146. The van der Waals surface area contributed by atoms with Gasteiger partial charge in [-0.05, 0) is 97.1 Å². The van der Waals surface area contributed by atoms with Crippen molar-refractivity contribution in [3.05, 3.63) is 157 Å². The third kappa shape index (κ3) is 13.0. The molecular formula is C46H36O20. The van der Waals surface area contributed by atoms with Crippen molar-refractivity contribution in [3.63, 3.8) is 0 Å². The molecule has 4 unspecified atom stereocenters. The second-order valence-corrected chi connectivity index (χ2v) is 13.4. The van der Waals surface area contributed by atoms with Crippen molar-refractivity contribution < 1.29 is 95.2 Å². The molecule has 2 aliphatic rings. The van der Waals surface area contributed by atoms with Crippen molar-refractivity contribution >= 4 is 48.1 Å². The van der Waals surface area contributed by atoms with E-state index in [1.807, 2.05) is 0 Å². The zero-order valence-corrected chi connectivity index (χ0v) is 34.3. The third-order valence-electron chi connectivity index (χ3n) is 8.98. The van der Waals surface area contributed by atoms with Crippen LogP contribution in [-0.4, -0.2) is 99.2 Å². The molecule has 2 heterocycles. The first kappa shape index (κ1) is 46.9. The largest absolute Gasteiger partial charge is 0.519 e. The minimum absolute atomic E-state index is 0.0317. The molecule has 20 heteroatoms. The predicted molar refractivity (Wildman–Crippen MR) is 219 cm³/mol. The topological polar surface area (TPSA) is 247 Å². The summed E-state index contributed by atoms with van der Waals surface area (Å²) in [7, 11) is 0. The Kier molecular flexibility index (Phi) is 15.7. The fourth-order valence-electron chi connectivity index (χ4n) is 5.81. The molecule has 4 aromatic carbocycles.